The molecule has 6 nitrogen and oxygen atoms in total. The van der Waals surface area contributed by atoms with Gasteiger partial charge in [-0.3, -0.25) is 4.98 Å². The van der Waals surface area contributed by atoms with Crippen molar-refractivity contribution in [3.8, 4) is 11.4 Å². The molecule has 7 heteroatoms. The van der Waals surface area contributed by atoms with Crippen LogP contribution in [-0.4, -0.2) is 33.0 Å². The number of nitrogens with zero attached hydrogens (tertiary/aromatic N) is 3. The molecule has 0 aliphatic heterocycles. The summed E-state index contributed by atoms with van der Waals surface area (Å²) in [5.41, 5.74) is 2.68. The molecular formula is C17H11ClN4O2. The van der Waals surface area contributed by atoms with E-state index in [4.69, 9.17) is 16.3 Å². The number of fused-ring (bicyclic) bond motifs is 2. The van der Waals surface area contributed by atoms with Crippen molar-refractivity contribution >= 4 is 39.6 Å². The monoisotopic (exact) mass is 338 g/mol. The van der Waals surface area contributed by atoms with E-state index in [9.17, 15) is 4.79 Å². The molecule has 4 aromatic rings. The van der Waals surface area contributed by atoms with Gasteiger partial charge in [-0.15, -0.1) is 0 Å². The highest BCUT2D eigenvalue weighted by molar-refractivity contribution is 6.34. The van der Waals surface area contributed by atoms with Crippen LogP contribution in [0.15, 0.2) is 42.7 Å². The maximum absolute atomic E-state index is 11.9. The van der Waals surface area contributed by atoms with Crippen LogP contribution in [0.2, 0.25) is 5.02 Å². The minimum atomic E-state index is -0.459. The molecule has 0 fully saturated rings. The SMILES string of the molecule is COC(=O)c1ccnc2nc(-c3c(Cl)ccc4cccnc34)[nH]c12. The van der Waals surface area contributed by atoms with Crippen molar-refractivity contribution in [1.29, 1.82) is 0 Å². The van der Waals surface area contributed by atoms with Gasteiger partial charge in [0, 0.05) is 17.8 Å². The Bertz CT molecular complexity index is 1090. The second kappa shape index (κ2) is 5.58. The maximum atomic E-state index is 11.9. The summed E-state index contributed by atoms with van der Waals surface area (Å²) in [5, 5.41) is 1.46. The van der Waals surface area contributed by atoms with E-state index in [-0.39, 0.29) is 0 Å². The molecule has 0 saturated heterocycles. The van der Waals surface area contributed by atoms with Crippen LogP contribution in [0.5, 0.6) is 0 Å². The minimum Gasteiger partial charge on any atom is -0.465 e. The molecule has 0 unspecified atom stereocenters. The van der Waals surface area contributed by atoms with Crippen LogP contribution in [0.1, 0.15) is 10.4 Å². The number of nitrogens with one attached hydrogen (secondary N) is 1. The van der Waals surface area contributed by atoms with Crippen molar-refractivity contribution in [2.24, 2.45) is 0 Å². The Morgan fingerprint density at radius 3 is 2.88 bits per heavy atom. The largest absolute Gasteiger partial charge is 0.465 e. The van der Waals surface area contributed by atoms with Gasteiger partial charge in [-0.25, -0.2) is 14.8 Å². The Labute approximate surface area is 141 Å². The highest BCUT2D eigenvalue weighted by Crippen LogP contribution is 2.33. The van der Waals surface area contributed by atoms with Gasteiger partial charge in [0.1, 0.15) is 5.82 Å². The van der Waals surface area contributed by atoms with Crippen LogP contribution < -0.4 is 0 Å². The third-order valence-electron chi connectivity index (χ3n) is 3.76. The molecule has 0 saturated carbocycles. The number of rotatable bonds is 2. The zero-order chi connectivity index (χ0) is 16.7. The number of pyridine rings is 2. The van der Waals surface area contributed by atoms with Gasteiger partial charge in [0.25, 0.3) is 0 Å². The first-order valence-corrected chi connectivity index (χ1v) is 7.53. The fourth-order valence-corrected chi connectivity index (χ4v) is 2.90. The zero-order valence-corrected chi connectivity index (χ0v) is 13.3. The fourth-order valence-electron chi connectivity index (χ4n) is 2.66. The number of hydrogen-bond acceptors (Lipinski definition) is 5. The number of hydrogen-bond donors (Lipinski definition) is 1. The number of aromatic amines is 1. The third-order valence-corrected chi connectivity index (χ3v) is 4.07. The number of imidazole rings is 1. The zero-order valence-electron chi connectivity index (χ0n) is 12.6. The molecule has 0 bridgehead atoms. The number of aromatic nitrogens is 4. The highest BCUT2D eigenvalue weighted by atomic mass is 35.5. The number of benzene rings is 1. The summed E-state index contributed by atoms with van der Waals surface area (Å²) in [4.78, 5) is 28.1. The number of carbonyl (C=O) groups excluding carboxylic acids is 1. The van der Waals surface area contributed by atoms with Gasteiger partial charge in [0.05, 0.1) is 34.3 Å². The molecule has 0 aliphatic rings. The topological polar surface area (TPSA) is 80.8 Å². The molecular weight excluding hydrogens is 328 g/mol. The van der Waals surface area contributed by atoms with Gasteiger partial charge >= 0.3 is 5.97 Å². The molecule has 1 N–H and O–H groups in total. The summed E-state index contributed by atoms with van der Waals surface area (Å²) in [5.74, 6) is 0.0443. The molecule has 3 heterocycles. The van der Waals surface area contributed by atoms with Gasteiger partial charge in [0.2, 0.25) is 0 Å². The lowest BCUT2D eigenvalue weighted by atomic mass is 10.1. The first-order chi connectivity index (χ1) is 11.7. The lowest BCUT2D eigenvalue weighted by Crippen LogP contribution is -2.02. The molecule has 118 valence electrons. The standard InChI is InChI=1S/C17H11ClN4O2/c1-24-17(23)10-6-8-20-16-14(10)21-15(22-16)12-11(18)5-4-9-3-2-7-19-13(9)12/h2-8H,1H3,(H,20,21,22). The molecule has 1 aromatic carbocycles. The van der Waals surface area contributed by atoms with Crippen molar-refractivity contribution in [3.63, 3.8) is 0 Å². The van der Waals surface area contributed by atoms with E-state index in [2.05, 4.69) is 19.9 Å². The van der Waals surface area contributed by atoms with Crippen molar-refractivity contribution in [1.82, 2.24) is 19.9 Å². The molecule has 0 amide bonds. The van der Waals surface area contributed by atoms with E-state index >= 15 is 0 Å². The smallest absolute Gasteiger partial charge is 0.340 e. The van der Waals surface area contributed by atoms with E-state index in [1.165, 1.54) is 13.3 Å². The number of H-pyrrole nitrogens is 1. The van der Waals surface area contributed by atoms with Crippen molar-refractivity contribution in [3.05, 3.63) is 53.3 Å². The average Bonchev–Trinajstić information content (AvgIpc) is 3.04. The Morgan fingerprint density at radius 2 is 2.04 bits per heavy atom. The van der Waals surface area contributed by atoms with Crippen LogP contribution in [0.3, 0.4) is 0 Å². The number of halogens is 1. The second-order valence-corrected chi connectivity index (χ2v) is 5.54. The molecule has 0 atom stereocenters. The van der Waals surface area contributed by atoms with Crippen molar-refractivity contribution in [2.75, 3.05) is 7.11 Å². The fraction of sp³-hybridized carbons (Fsp3) is 0.0588. The molecule has 24 heavy (non-hydrogen) atoms. The average molecular weight is 339 g/mol. The van der Waals surface area contributed by atoms with E-state index in [0.717, 1.165) is 10.9 Å². The van der Waals surface area contributed by atoms with Gasteiger partial charge in [-0.1, -0.05) is 23.7 Å². The van der Waals surface area contributed by atoms with E-state index in [0.29, 0.717) is 33.1 Å². The first kappa shape index (κ1) is 14.6. The van der Waals surface area contributed by atoms with Crippen LogP contribution in [-0.2, 0) is 4.74 Å². The number of esters is 1. The predicted octanol–water partition coefficient (Wildman–Crippen LogP) is 3.61. The molecule has 0 spiro atoms. The van der Waals surface area contributed by atoms with E-state index in [1.54, 1.807) is 18.3 Å². The quantitative estimate of drug-likeness (QED) is 0.565. The van der Waals surface area contributed by atoms with Crippen molar-refractivity contribution in [2.45, 2.75) is 0 Å². The molecule has 0 aliphatic carbocycles. The highest BCUT2D eigenvalue weighted by Gasteiger charge is 2.18. The summed E-state index contributed by atoms with van der Waals surface area (Å²) in [6.45, 7) is 0. The van der Waals surface area contributed by atoms with E-state index < -0.39 is 5.97 Å². The molecule has 4 rings (SSSR count). The normalized spacial score (nSPS) is 11.1. The van der Waals surface area contributed by atoms with Crippen molar-refractivity contribution < 1.29 is 9.53 Å². The summed E-state index contributed by atoms with van der Waals surface area (Å²) < 4.78 is 4.80. The number of carbonyl (C=O) groups is 1. The van der Waals surface area contributed by atoms with Gasteiger partial charge < -0.3 is 9.72 Å². The lowest BCUT2D eigenvalue weighted by molar-refractivity contribution is 0.0602. The first-order valence-electron chi connectivity index (χ1n) is 7.15. The molecule has 0 radical (unpaired) electrons. The number of methoxy groups -OCH3 is 1. The second-order valence-electron chi connectivity index (χ2n) is 5.13. The number of ether oxygens (including phenoxy) is 1. The predicted molar refractivity (Wildman–Crippen MR) is 91.0 cm³/mol. The minimum absolute atomic E-state index is 0.366. The van der Waals surface area contributed by atoms with E-state index in [1.807, 2.05) is 18.2 Å². The summed E-state index contributed by atoms with van der Waals surface area (Å²) in [7, 11) is 1.33. The Balaban J connectivity index is 2.02. The Morgan fingerprint density at radius 1 is 1.17 bits per heavy atom. The summed E-state index contributed by atoms with van der Waals surface area (Å²) in [6.07, 6.45) is 3.21. The Kier molecular flexibility index (Phi) is 3.39. The van der Waals surface area contributed by atoms with Gasteiger partial charge in [-0.2, -0.15) is 0 Å². The van der Waals surface area contributed by atoms with Crippen LogP contribution in [0, 0.1) is 0 Å². The third kappa shape index (κ3) is 2.19. The van der Waals surface area contributed by atoms with Crippen LogP contribution >= 0.6 is 11.6 Å². The lowest BCUT2D eigenvalue weighted by Gasteiger charge is -2.05. The van der Waals surface area contributed by atoms with Gasteiger partial charge in [0.15, 0.2) is 5.65 Å². The van der Waals surface area contributed by atoms with Gasteiger partial charge in [-0.05, 0) is 18.2 Å². The Hall–Kier alpha value is -2.99. The summed E-state index contributed by atoms with van der Waals surface area (Å²) >= 11 is 6.38. The summed E-state index contributed by atoms with van der Waals surface area (Å²) in [6, 6.07) is 9.08. The van der Waals surface area contributed by atoms with Crippen LogP contribution in [0.25, 0.3) is 33.5 Å². The maximum Gasteiger partial charge on any atom is 0.340 e. The van der Waals surface area contributed by atoms with Crippen LogP contribution in [0.4, 0.5) is 0 Å². The molecule has 3 aromatic heterocycles.